The Morgan fingerprint density at radius 2 is 1.90 bits per heavy atom. The van der Waals surface area contributed by atoms with E-state index in [1.807, 2.05) is 0 Å². The molecule has 20 heavy (non-hydrogen) atoms. The summed E-state index contributed by atoms with van der Waals surface area (Å²) in [6.07, 6.45) is 3.94. The maximum Gasteiger partial charge on any atom is 0.328 e. The van der Waals surface area contributed by atoms with Crippen molar-refractivity contribution in [1.82, 2.24) is 0 Å². The topological polar surface area (TPSA) is 79.5 Å². The van der Waals surface area contributed by atoms with Crippen LogP contribution in [0.4, 0.5) is 5.69 Å². The van der Waals surface area contributed by atoms with Crippen LogP contribution in [0.1, 0.15) is 15.9 Å². The first kappa shape index (κ1) is 14.1. The molecule has 5 nitrogen and oxygen atoms in total. The number of amides is 1. The van der Waals surface area contributed by atoms with Gasteiger partial charge < -0.3 is 14.8 Å². The number of rotatable bonds is 4. The lowest BCUT2D eigenvalue weighted by Crippen LogP contribution is -2.11. The fourth-order valence-electron chi connectivity index (χ4n) is 1.50. The molecule has 0 saturated heterocycles. The number of carbonyl (C=O) groups is 2. The van der Waals surface area contributed by atoms with Gasteiger partial charge in [-0.05, 0) is 45.8 Å². The van der Waals surface area contributed by atoms with E-state index in [0.717, 1.165) is 11.6 Å². The van der Waals surface area contributed by atoms with Gasteiger partial charge >= 0.3 is 5.97 Å². The second-order valence-electron chi connectivity index (χ2n) is 3.86. The molecule has 0 fully saturated rings. The van der Waals surface area contributed by atoms with Gasteiger partial charge in [-0.2, -0.15) is 0 Å². The number of halogens is 1. The molecule has 102 valence electrons. The zero-order chi connectivity index (χ0) is 14.5. The first-order valence-electron chi connectivity index (χ1n) is 5.61. The monoisotopic (exact) mass is 335 g/mol. The van der Waals surface area contributed by atoms with Gasteiger partial charge in [0.15, 0.2) is 4.67 Å². The molecule has 0 unspecified atom stereocenters. The third-order valence-corrected chi connectivity index (χ3v) is 3.06. The Morgan fingerprint density at radius 3 is 2.45 bits per heavy atom. The number of nitrogens with one attached hydrogen (secondary N) is 1. The van der Waals surface area contributed by atoms with Gasteiger partial charge in [0.25, 0.3) is 5.91 Å². The Hall–Kier alpha value is -2.34. The molecule has 6 heteroatoms. The molecule has 0 atom stereocenters. The molecule has 2 N–H and O–H groups in total. The van der Waals surface area contributed by atoms with Crippen LogP contribution in [-0.2, 0) is 4.79 Å². The summed E-state index contributed by atoms with van der Waals surface area (Å²) in [5.41, 5.74) is 1.74. The number of hydrogen-bond donors (Lipinski definition) is 2. The molecule has 2 rings (SSSR count). The van der Waals surface area contributed by atoms with Crippen molar-refractivity contribution in [2.75, 3.05) is 5.32 Å². The molecular formula is C14H10BrNO4. The van der Waals surface area contributed by atoms with Crippen molar-refractivity contribution in [3.63, 3.8) is 0 Å². The molecule has 0 bridgehead atoms. The van der Waals surface area contributed by atoms with Crippen molar-refractivity contribution in [2.45, 2.75) is 0 Å². The van der Waals surface area contributed by atoms with Crippen molar-refractivity contribution in [2.24, 2.45) is 0 Å². The van der Waals surface area contributed by atoms with Crippen LogP contribution in [0.25, 0.3) is 6.08 Å². The van der Waals surface area contributed by atoms with E-state index in [-0.39, 0.29) is 5.91 Å². The van der Waals surface area contributed by atoms with Crippen molar-refractivity contribution < 1.29 is 19.1 Å². The molecule has 2 aromatic rings. The van der Waals surface area contributed by atoms with Gasteiger partial charge in [0.2, 0.25) is 0 Å². The minimum Gasteiger partial charge on any atom is -0.478 e. The zero-order valence-corrected chi connectivity index (χ0v) is 11.8. The van der Waals surface area contributed by atoms with Crippen molar-refractivity contribution in [1.29, 1.82) is 0 Å². The highest BCUT2D eigenvalue weighted by molar-refractivity contribution is 9.10. The summed E-state index contributed by atoms with van der Waals surface area (Å²) in [6, 6.07) is 8.35. The van der Waals surface area contributed by atoms with E-state index in [2.05, 4.69) is 21.2 Å². The van der Waals surface area contributed by atoms with Crippen LogP contribution in [-0.4, -0.2) is 17.0 Å². The fourth-order valence-corrected chi connectivity index (χ4v) is 1.92. The fraction of sp³-hybridized carbons (Fsp3) is 0. The van der Waals surface area contributed by atoms with Gasteiger partial charge in [0, 0.05) is 11.8 Å². The van der Waals surface area contributed by atoms with Crippen LogP contribution < -0.4 is 5.32 Å². The molecule has 0 aliphatic rings. The van der Waals surface area contributed by atoms with Crippen molar-refractivity contribution in [3.05, 3.63) is 58.5 Å². The van der Waals surface area contributed by atoms with E-state index >= 15 is 0 Å². The van der Waals surface area contributed by atoms with Crippen LogP contribution >= 0.6 is 15.9 Å². The summed E-state index contributed by atoms with van der Waals surface area (Å²) in [6.45, 7) is 0. The molecule has 0 aliphatic heterocycles. The smallest absolute Gasteiger partial charge is 0.328 e. The SMILES string of the molecule is O=C(O)/C=C/c1ccc(NC(=O)c2ccoc2Br)cc1. The van der Waals surface area contributed by atoms with Crippen LogP contribution in [0.15, 0.2) is 51.8 Å². The predicted octanol–water partition coefficient (Wildman–Crippen LogP) is 3.39. The predicted molar refractivity (Wildman–Crippen MR) is 77.5 cm³/mol. The Balaban J connectivity index is 2.06. The largest absolute Gasteiger partial charge is 0.478 e. The summed E-state index contributed by atoms with van der Waals surface area (Å²) in [7, 11) is 0. The van der Waals surface area contributed by atoms with Gasteiger partial charge in [-0.25, -0.2) is 4.79 Å². The number of carboxylic acids is 1. The van der Waals surface area contributed by atoms with Crippen LogP contribution in [0.2, 0.25) is 0 Å². The molecule has 1 aromatic heterocycles. The van der Waals surface area contributed by atoms with Crippen molar-refractivity contribution in [3.8, 4) is 0 Å². The molecule has 0 spiro atoms. The maximum atomic E-state index is 11.9. The van der Waals surface area contributed by atoms with Gasteiger partial charge in [0.05, 0.1) is 11.8 Å². The number of aliphatic carboxylic acids is 1. The molecule has 0 radical (unpaired) electrons. The number of anilines is 1. The third kappa shape index (κ3) is 3.58. The van der Waals surface area contributed by atoms with Gasteiger partial charge in [-0.15, -0.1) is 0 Å². The van der Waals surface area contributed by atoms with Gasteiger partial charge in [0.1, 0.15) is 0 Å². The lowest BCUT2D eigenvalue weighted by Gasteiger charge is -2.04. The number of furan rings is 1. The maximum absolute atomic E-state index is 11.9. The summed E-state index contributed by atoms with van der Waals surface area (Å²) in [4.78, 5) is 22.3. The molecule has 0 aliphatic carbocycles. The Kier molecular flexibility index (Phi) is 4.37. The average molecular weight is 336 g/mol. The zero-order valence-electron chi connectivity index (χ0n) is 10.2. The first-order chi connectivity index (χ1) is 9.56. The highest BCUT2D eigenvalue weighted by atomic mass is 79.9. The normalized spacial score (nSPS) is 10.7. The highest BCUT2D eigenvalue weighted by Crippen LogP contribution is 2.19. The summed E-state index contributed by atoms with van der Waals surface area (Å²) < 4.78 is 5.36. The second kappa shape index (κ2) is 6.21. The Labute approximate surface area is 123 Å². The number of carbonyl (C=O) groups excluding carboxylic acids is 1. The van der Waals surface area contributed by atoms with Gasteiger partial charge in [-0.1, -0.05) is 12.1 Å². The number of hydrogen-bond acceptors (Lipinski definition) is 3. The first-order valence-corrected chi connectivity index (χ1v) is 6.41. The summed E-state index contributed by atoms with van der Waals surface area (Å²) >= 11 is 3.13. The van der Waals surface area contributed by atoms with E-state index in [4.69, 9.17) is 9.52 Å². The Morgan fingerprint density at radius 1 is 1.20 bits per heavy atom. The molecular weight excluding hydrogens is 326 g/mol. The lowest BCUT2D eigenvalue weighted by atomic mass is 10.2. The lowest BCUT2D eigenvalue weighted by molar-refractivity contribution is -0.131. The standard InChI is InChI=1S/C14H10BrNO4/c15-13-11(7-8-20-13)14(19)16-10-4-1-9(2-5-10)3-6-12(17)18/h1-8H,(H,16,19)(H,17,18)/b6-3+. The van der Waals surface area contributed by atoms with Gasteiger partial charge in [-0.3, -0.25) is 4.79 Å². The third-order valence-electron chi connectivity index (χ3n) is 2.45. The van der Waals surface area contributed by atoms with Crippen LogP contribution in [0, 0.1) is 0 Å². The summed E-state index contributed by atoms with van der Waals surface area (Å²) in [5, 5.41) is 11.2. The van der Waals surface area contributed by atoms with Crippen LogP contribution in [0.3, 0.4) is 0 Å². The molecule has 1 amide bonds. The van der Waals surface area contributed by atoms with E-state index in [1.165, 1.54) is 12.3 Å². The highest BCUT2D eigenvalue weighted by Gasteiger charge is 2.12. The number of carboxylic acid groups (broad SMARTS) is 1. The van der Waals surface area contributed by atoms with E-state index in [1.54, 1.807) is 30.3 Å². The molecule has 1 aromatic carbocycles. The quantitative estimate of drug-likeness (QED) is 0.839. The molecule has 0 saturated carbocycles. The number of benzene rings is 1. The summed E-state index contributed by atoms with van der Waals surface area (Å²) in [5.74, 6) is -1.30. The minimum absolute atomic E-state index is 0.292. The molecule has 1 heterocycles. The second-order valence-corrected chi connectivity index (χ2v) is 4.58. The van der Waals surface area contributed by atoms with Crippen molar-refractivity contribution >= 4 is 39.6 Å². The van der Waals surface area contributed by atoms with Crippen LogP contribution in [0.5, 0.6) is 0 Å². The average Bonchev–Trinajstić information content (AvgIpc) is 2.84. The van der Waals surface area contributed by atoms with E-state index in [9.17, 15) is 9.59 Å². The van der Waals surface area contributed by atoms with E-state index < -0.39 is 5.97 Å². The minimum atomic E-state index is -1.01. The van der Waals surface area contributed by atoms with E-state index in [0.29, 0.717) is 15.9 Å². The Bertz CT molecular complexity index is 658.